The monoisotopic (exact) mass is 388 g/mol. The molecule has 27 heavy (non-hydrogen) atoms. The number of amides is 1. The Bertz CT molecular complexity index is 976. The standard InChI is InChI=1S/C20H24N2O4S/c1-13-10-14(2)20(15(3)11-13)27(24,25)21-16-7-8-17(18(12-16)26-4)22-9-5-6-19(22)23/h7-8,10-12,21H,5-6,9H2,1-4H3. The second-order valence-corrected chi connectivity index (χ2v) is 8.49. The zero-order valence-electron chi connectivity index (χ0n) is 16.0. The van der Waals surface area contributed by atoms with Crippen molar-refractivity contribution in [1.29, 1.82) is 0 Å². The average Bonchev–Trinajstić information content (AvgIpc) is 2.98. The van der Waals surface area contributed by atoms with Gasteiger partial charge in [0.15, 0.2) is 0 Å². The Morgan fingerprint density at radius 1 is 1.07 bits per heavy atom. The molecule has 0 aliphatic carbocycles. The molecule has 0 aromatic heterocycles. The van der Waals surface area contributed by atoms with E-state index in [-0.39, 0.29) is 10.8 Å². The summed E-state index contributed by atoms with van der Waals surface area (Å²) in [7, 11) is -2.24. The third-order valence-corrected chi connectivity index (χ3v) is 6.36. The summed E-state index contributed by atoms with van der Waals surface area (Å²) in [6, 6.07) is 8.68. The number of benzene rings is 2. The maximum atomic E-state index is 12.9. The number of carbonyl (C=O) groups excluding carboxylic acids is 1. The lowest BCUT2D eigenvalue weighted by Gasteiger charge is -2.20. The first-order valence-electron chi connectivity index (χ1n) is 8.82. The number of anilines is 2. The molecule has 144 valence electrons. The van der Waals surface area contributed by atoms with Gasteiger partial charge in [0.25, 0.3) is 10.0 Å². The van der Waals surface area contributed by atoms with Crippen molar-refractivity contribution in [3.63, 3.8) is 0 Å². The van der Waals surface area contributed by atoms with E-state index in [1.807, 2.05) is 19.1 Å². The molecule has 2 aromatic rings. The van der Waals surface area contributed by atoms with Crippen molar-refractivity contribution in [2.75, 3.05) is 23.3 Å². The van der Waals surface area contributed by atoms with Crippen LogP contribution in [0.1, 0.15) is 29.5 Å². The highest BCUT2D eigenvalue weighted by Gasteiger charge is 2.25. The van der Waals surface area contributed by atoms with E-state index in [1.165, 1.54) is 7.11 Å². The number of carbonyl (C=O) groups is 1. The van der Waals surface area contributed by atoms with Crippen molar-refractivity contribution in [3.05, 3.63) is 47.0 Å². The molecule has 1 N–H and O–H groups in total. The summed E-state index contributed by atoms with van der Waals surface area (Å²) in [4.78, 5) is 14.0. The second-order valence-electron chi connectivity index (χ2n) is 6.87. The minimum atomic E-state index is -3.75. The molecule has 2 aromatic carbocycles. The maximum Gasteiger partial charge on any atom is 0.262 e. The molecular formula is C20H24N2O4S. The Morgan fingerprint density at radius 2 is 1.74 bits per heavy atom. The molecule has 1 saturated heterocycles. The Balaban J connectivity index is 1.95. The summed E-state index contributed by atoms with van der Waals surface area (Å²) < 4.78 is 33.9. The zero-order valence-corrected chi connectivity index (χ0v) is 16.8. The molecule has 0 bridgehead atoms. The van der Waals surface area contributed by atoms with Crippen molar-refractivity contribution >= 4 is 27.3 Å². The number of nitrogens with zero attached hydrogens (tertiary/aromatic N) is 1. The lowest BCUT2D eigenvalue weighted by molar-refractivity contribution is -0.117. The lowest BCUT2D eigenvalue weighted by atomic mass is 10.1. The largest absolute Gasteiger partial charge is 0.494 e. The molecular weight excluding hydrogens is 364 g/mol. The molecule has 3 rings (SSSR count). The van der Waals surface area contributed by atoms with Crippen molar-refractivity contribution in [2.24, 2.45) is 0 Å². The summed E-state index contributed by atoms with van der Waals surface area (Å²) in [6.07, 6.45) is 1.33. The van der Waals surface area contributed by atoms with Crippen LogP contribution in [0.25, 0.3) is 0 Å². The van der Waals surface area contributed by atoms with E-state index in [4.69, 9.17) is 4.74 Å². The van der Waals surface area contributed by atoms with Gasteiger partial charge in [0, 0.05) is 19.0 Å². The van der Waals surface area contributed by atoms with Crippen LogP contribution in [0, 0.1) is 20.8 Å². The van der Waals surface area contributed by atoms with Gasteiger partial charge in [0.05, 0.1) is 23.4 Å². The first-order chi connectivity index (χ1) is 12.7. The van der Waals surface area contributed by atoms with Crippen LogP contribution >= 0.6 is 0 Å². The number of hydrogen-bond donors (Lipinski definition) is 1. The van der Waals surface area contributed by atoms with E-state index in [2.05, 4.69) is 4.72 Å². The molecule has 1 aliphatic heterocycles. The zero-order chi connectivity index (χ0) is 19.8. The quantitative estimate of drug-likeness (QED) is 0.850. The van der Waals surface area contributed by atoms with Crippen LogP contribution in [0.5, 0.6) is 5.75 Å². The van der Waals surface area contributed by atoms with Crippen LogP contribution in [0.15, 0.2) is 35.2 Å². The van der Waals surface area contributed by atoms with Crippen LogP contribution in [0.2, 0.25) is 0 Å². The molecule has 1 heterocycles. The number of sulfonamides is 1. The van der Waals surface area contributed by atoms with Gasteiger partial charge in [0.1, 0.15) is 5.75 Å². The molecule has 1 fully saturated rings. The number of hydrogen-bond acceptors (Lipinski definition) is 4. The van der Waals surface area contributed by atoms with E-state index in [1.54, 1.807) is 36.9 Å². The van der Waals surface area contributed by atoms with Gasteiger partial charge >= 0.3 is 0 Å². The van der Waals surface area contributed by atoms with E-state index < -0.39 is 10.0 Å². The highest BCUT2D eigenvalue weighted by atomic mass is 32.2. The number of nitrogens with one attached hydrogen (secondary N) is 1. The van der Waals surface area contributed by atoms with Gasteiger partial charge in [-0.1, -0.05) is 17.7 Å². The van der Waals surface area contributed by atoms with Gasteiger partial charge in [-0.3, -0.25) is 9.52 Å². The predicted molar refractivity (Wildman–Crippen MR) is 106 cm³/mol. The molecule has 0 saturated carbocycles. The van der Waals surface area contributed by atoms with Gasteiger partial charge in [-0.25, -0.2) is 8.42 Å². The van der Waals surface area contributed by atoms with E-state index in [9.17, 15) is 13.2 Å². The first kappa shape index (κ1) is 19.2. The second kappa shape index (κ2) is 7.23. The Kier molecular flexibility index (Phi) is 5.15. The van der Waals surface area contributed by atoms with Gasteiger partial charge in [0.2, 0.25) is 5.91 Å². The third kappa shape index (κ3) is 3.78. The fourth-order valence-electron chi connectivity index (χ4n) is 3.66. The van der Waals surface area contributed by atoms with Gasteiger partial charge < -0.3 is 9.64 Å². The fraction of sp³-hybridized carbons (Fsp3) is 0.350. The summed E-state index contributed by atoms with van der Waals surface area (Å²) in [5.74, 6) is 0.510. The molecule has 1 amide bonds. The summed E-state index contributed by atoms with van der Waals surface area (Å²) in [5.41, 5.74) is 3.47. The van der Waals surface area contributed by atoms with Crippen molar-refractivity contribution in [3.8, 4) is 5.75 Å². The fourth-order valence-corrected chi connectivity index (χ4v) is 5.17. The number of aryl methyl sites for hydroxylation is 3. The van der Waals surface area contributed by atoms with E-state index in [0.717, 1.165) is 12.0 Å². The molecule has 0 unspecified atom stereocenters. The molecule has 0 radical (unpaired) electrons. The topological polar surface area (TPSA) is 75.7 Å². The molecule has 1 aliphatic rings. The van der Waals surface area contributed by atoms with Crippen LogP contribution in [0.3, 0.4) is 0 Å². The molecule has 0 atom stereocenters. The molecule has 0 spiro atoms. The van der Waals surface area contributed by atoms with Gasteiger partial charge in [-0.2, -0.15) is 0 Å². The highest BCUT2D eigenvalue weighted by Crippen LogP contribution is 2.35. The van der Waals surface area contributed by atoms with Crippen molar-refractivity contribution < 1.29 is 17.9 Å². The Hall–Kier alpha value is -2.54. The van der Waals surface area contributed by atoms with Crippen LogP contribution in [0.4, 0.5) is 11.4 Å². The summed E-state index contributed by atoms with van der Waals surface area (Å²) >= 11 is 0. The maximum absolute atomic E-state index is 12.9. The summed E-state index contributed by atoms with van der Waals surface area (Å²) in [6.45, 7) is 6.16. The Labute approximate surface area is 160 Å². The number of rotatable bonds is 5. The molecule has 6 nitrogen and oxygen atoms in total. The third-order valence-electron chi connectivity index (χ3n) is 4.67. The minimum Gasteiger partial charge on any atom is -0.494 e. The van der Waals surface area contributed by atoms with Gasteiger partial charge in [-0.15, -0.1) is 0 Å². The first-order valence-corrected chi connectivity index (χ1v) is 10.3. The van der Waals surface area contributed by atoms with Crippen LogP contribution < -0.4 is 14.4 Å². The Morgan fingerprint density at radius 3 is 2.30 bits per heavy atom. The lowest BCUT2D eigenvalue weighted by Crippen LogP contribution is -2.24. The van der Waals surface area contributed by atoms with E-state index in [0.29, 0.717) is 41.2 Å². The average molecular weight is 388 g/mol. The number of methoxy groups -OCH3 is 1. The van der Waals surface area contributed by atoms with Crippen LogP contribution in [-0.4, -0.2) is 28.0 Å². The van der Waals surface area contributed by atoms with Crippen molar-refractivity contribution in [2.45, 2.75) is 38.5 Å². The van der Waals surface area contributed by atoms with Gasteiger partial charge in [-0.05, 0) is 50.5 Å². The highest BCUT2D eigenvalue weighted by molar-refractivity contribution is 7.92. The van der Waals surface area contributed by atoms with Crippen LogP contribution in [-0.2, 0) is 14.8 Å². The minimum absolute atomic E-state index is 0.0486. The van der Waals surface area contributed by atoms with E-state index >= 15 is 0 Å². The number of ether oxygens (including phenoxy) is 1. The van der Waals surface area contributed by atoms with Crippen molar-refractivity contribution in [1.82, 2.24) is 0 Å². The normalized spacial score (nSPS) is 14.5. The molecule has 7 heteroatoms. The summed E-state index contributed by atoms with van der Waals surface area (Å²) in [5, 5.41) is 0. The SMILES string of the molecule is COc1cc(NS(=O)(=O)c2c(C)cc(C)cc2C)ccc1N1CCCC1=O. The smallest absolute Gasteiger partial charge is 0.262 e. The predicted octanol–water partition coefficient (Wildman–Crippen LogP) is 3.55.